The van der Waals surface area contributed by atoms with Crippen molar-refractivity contribution in [1.29, 1.82) is 0 Å². The smallest absolute Gasteiger partial charge is 0.310 e. The molecule has 0 bridgehead atoms. The van der Waals surface area contributed by atoms with E-state index in [1.165, 1.54) is 11.0 Å². The van der Waals surface area contributed by atoms with Crippen LogP contribution in [-0.4, -0.2) is 29.6 Å². The Morgan fingerprint density at radius 2 is 2.10 bits per heavy atom. The number of hydrogen-bond donors (Lipinski definition) is 0. The van der Waals surface area contributed by atoms with Crippen molar-refractivity contribution in [1.82, 2.24) is 4.98 Å². The number of para-hydroxylation sites is 2. The van der Waals surface area contributed by atoms with E-state index in [2.05, 4.69) is 4.98 Å². The highest BCUT2D eigenvalue weighted by molar-refractivity contribution is 7.18. The van der Waals surface area contributed by atoms with Gasteiger partial charge in [-0.15, -0.1) is 11.3 Å². The molecule has 0 radical (unpaired) electrons. The Balaban J connectivity index is 1.66. The number of esters is 1. The lowest BCUT2D eigenvalue weighted by Gasteiger charge is -2.33. The van der Waals surface area contributed by atoms with Crippen LogP contribution in [0.2, 0.25) is 0 Å². The lowest BCUT2D eigenvalue weighted by atomic mass is 10.1. The zero-order valence-electron chi connectivity index (χ0n) is 15.4. The second-order valence-electron chi connectivity index (χ2n) is 6.35. The second kappa shape index (κ2) is 7.75. The Labute approximate surface area is 168 Å². The van der Waals surface area contributed by atoms with Crippen molar-refractivity contribution >= 4 is 39.1 Å². The fourth-order valence-electron chi connectivity index (χ4n) is 3.15. The summed E-state index contributed by atoms with van der Waals surface area (Å²) in [5, 5.41) is 0.435. The second-order valence-corrected chi connectivity index (χ2v) is 7.46. The van der Waals surface area contributed by atoms with Crippen molar-refractivity contribution in [3.8, 4) is 5.75 Å². The molecule has 0 saturated heterocycles. The number of fused-ring (bicyclic) bond motifs is 2. The third-order valence-electron chi connectivity index (χ3n) is 4.37. The Kier molecular flexibility index (Phi) is 5.14. The Morgan fingerprint density at radius 3 is 2.90 bits per heavy atom. The number of carbonyl (C=O) groups excluding carboxylic acids is 2. The molecule has 0 saturated carbocycles. The van der Waals surface area contributed by atoms with Gasteiger partial charge in [-0.3, -0.25) is 14.5 Å². The molecule has 0 aliphatic carbocycles. The quantitative estimate of drug-likeness (QED) is 0.589. The van der Waals surface area contributed by atoms with E-state index in [9.17, 15) is 18.4 Å². The number of anilines is 1. The van der Waals surface area contributed by atoms with Gasteiger partial charge in [0.15, 0.2) is 11.9 Å². The van der Waals surface area contributed by atoms with Crippen LogP contribution in [-0.2, 0) is 20.9 Å². The molecule has 1 amide bonds. The molecule has 4 rings (SSSR count). The van der Waals surface area contributed by atoms with E-state index in [4.69, 9.17) is 9.47 Å². The topological polar surface area (TPSA) is 68.7 Å². The number of ether oxygens (including phenoxy) is 2. The van der Waals surface area contributed by atoms with Gasteiger partial charge < -0.3 is 9.47 Å². The van der Waals surface area contributed by atoms with Crippen molar-refractivity contribution in [3.05, 3.63) is 53.0 Å². The maximum absolute atomic E-state index is 14.0. The molecule has 2 heterocycles. The van der Waals surface area contributed by atoms with Crippen molar-refractivity contribution in [2.24, 2.45) is 0 Å². The summed E-state index contributed by atoms with van der Waals surface area (Å²) in [5.74, 6) is -1.96. The molecule has 6 nitrogen and oxygen atoms in total. The minimum Gasteiger partial charge on any atom is -0.478 e. The van der Waals surface area contributed by atoms with Gasteiger partial charge in [0.25, 0.3) is 5.91 Å². The highest BCUT2D eigenvalue weighted by Gasteiger charge is 2.36. The van der Waals surface area contributed by atoms with E-state index in [1.807, 2.05) is 0 Å². The highest BCUT2D eigenvalue weighted by Crippen LogP contribution is 2.36. The van der Waals surface area contributed by atoms with Crippen LogP contribution in [0.1, 0.15) is 18.4 Å². The summed E-state index contributed by atoms with van der Waals surface area (Å²) in [6, 6.07) is 8.89. The molecule has 150 valence electrons. The summed E-state index contributed by atoms with van der Waals surface area (Å²) in [6.07, 6.45) is -1.26. The van der Waals surface area contributed by atoms with Gasteiger partial charge in [-0.2, -0.15) is 0 Å². The van der Waals surface area contributed by atoms with Crippen LogP contribution >= 0.6 is 11.3 Å². The fraction of sp³-hybridized carbons (Fsp3) is 0.250. The molecule has 29 heavy (non-hydrogen) atoms. The third-order valence-corrected chi connectivity index (χ3v) is 5.36. The van der Waals surface area contributed by atoms with Crippen LogP contribution in [0, 0.1) is 11.6 Å². The molecule has 3 aromatic rings. The molecule has 1 unspecified atom stereocenters. The number of halogens is 2. The van der Waals surface area contributed by atoms with Gasteiger partial charge in [-0.1, -0.05) is 12.1 Å². The van der Waals surface area contributed by atoms with Crippen LogP contribution in [0.4, 0.5) is 14.5 Å². The van der Waals surface area contributed by atoms with Crippen molar-refractivity contribution in [2.45, 2.75) is 26.0 Å². The Hall–Kier alpha value is -3.07. The Bertz CT molecular complexity index is 1100. The molecule has 9 heteroatoms. The number of nitrogens with zero attached hydrogens (tertiary/aromatic N) is 2. The van der Waals surface area contributed by atoms with Gasteiger partial charge in [0, 0.05) is 6.07 Å². The summed E-state index contributed by atoms with van der Waals surface area (Å²) < 4.78 is 38.4. The van der Waals surface area contributed by atoms with Gasteiger partial charge in [-0.05, 0) is 25.1 Å². The standard InChI is InChI=1S/C20H16F2N2O4S/c1-2-27-18(25)9-15-20(26)24(13-5-3-4-6-14(13)28-15)10-17-23-19-12(22)7-11(21)8-16(19)29-17/h3-8,15H,2,9-10H2,1H3. The molecule has 1 aliphatic heterocycles. The zero-order chi connectivity index (χ0) is 20.5. The van der Waals surface area contributed by atoms with Gasteiger partial charge in [0.1, 0.15) is 22.1 Å². The summed E-state index contributed by atoms with van der Waals surface area (Å²) in [7, 11) is 0. The molecule has 0 spiro atoms. The number of thiazole rings is 1. The first-order valence-electron chi connectivity index (χ1n) is 8.93. The first-order chi connectivity index (χ1) is 14.0. The van der Waals surface area contributed by atoms with Gasteiger partial charge in [-0.25, -0.2) is 13.8 Å². The monoisotopic (exact) mass is 418 g/mol. The number of hydrogen-bond acceptors (Lipinski definition) is 6. The van der Waals surface area contributed by atoms with Crippen LogP contribution in [0.5, 0.6) is 5.75 Å². The molecule has 1 aliphatic rings. The number of carbonyl (C=O) groups is 2. The molecule has 2 aromatic carbocycles. The number of amides is 1. The summed E-state index contributed by atoms with van der Waals surface area (Å²) >= 11 is 1.10. The SMILES string of the molecule is CCOC(=O)CC1Oc2ccccc2N(Cc2nc3c(F)cc(F)cc3s2)C1=O. The molecule has 0 N–H and O–H groups in total. The predicted molar refractivity (Wildman–Crippen MR) is 103 cm³/mol. The minimum atomic E-state index is -1.03. The zero-order valence-corrected chi connectivity index (χ0v) is 16.2. The van der Waals surface area contributed by atoms with E-state index >= 15 is 0 Å². The van der Waals surface area contributed by atoms with E-state index < -0.39 is 29.6 Å². The average molecular weight is 418 g/mol. The van der Waals surface area contributed by atoms with E-state index in [-0.39, 0.29) is 25.1 Å². The van der Waals surface area contributed by atoms with E-state index in [1.54, 1.807) is 31.2 Å². The van der Waals surface area contributed by atoms with Crippen molar-refractivity contribution in [3.63, 3.8) is 0 Å². The normalized spacial score (nSPS) is 15.9. The first-order valence-corrected chi connectivity index (χ1v) is 9.75. The summed E-state index contributed by atoms with van der Waals surface area (Å²) in [5.41, 5.74) is 0.576. The van der Waals surface area contributed by atoms with E-state index in [0.717, 1.165) is 17.4 Å². The number of rotatable bonds is 5. The van der Waals surface area contributed by atoms with Crippen LogP contribution in [0.15, 0.2) is 36.4 Å². The largest absolute Gasteiger partial charge is 0.478 e. The van der Waals surface area contributed by atoms with Crippen LogP contribution in [0.25, 0.3) is 10.2 Å². The van der Waals surface area contributed by atoms with Crippen LogP contribution in [0.3, 0.4) is 0 Å². The minimum absolute atomic E-state index is 0.0406. The summed E-state index contributed by atoms with van der Waals surface area (Å²) in [6.45, 7) is 1.92. The van der Waals surface area contributed by atoms with Crippen molar-refractivity contribution in [2.75, 3.05) is 11.5 Å². The van der Waals surface area contributed by atoms with Gasteiger partial charge in [0.2, 0.25) is 0 Å². The van der Waals surface area contributed by atoms with Gasteiger partial charge in [0.05, 0.1) is 30.0 Å². The molecular formula is C20H16F2N2O4S. The van der Waals surface area contributed by atoms with Crippen molar-refractivity contribution < 1.29 is 27.8 Å². The number of benzene rings is 2. The lowest BCUT2D eigenvalue weighted by molar-refractivity contribution is -0.147. The maximum Gasteiger partial charge on any atom is 0.310 e. The Morgan fingerprint density at radius 1 is 1.31 bits per heavy atom. The first kappa shape index (κ1) is 19.3. The maximum atomic E-state index is 14.0. The molecule has 0 fully saturated rings. The molecular weight excluding hydrogens is 402 g/mol. The van der Waals surface area contributed by atoms with Gasteiger partial charge >= 0.3 is 5.97 Å². The average Bonchev–Trinajstić information content (AvgIpc) is 3.08. The van der Waals surface area contributed by atoms with E-state index in [0.29, 0.717) is 21.1 Å². The summed E-state index contributed by atoms with van der Waals surface area (Å²) in [4.78, 5) is 30.5. The third kappa shape index (κ3) is 3.77. The fourth-order valence-corrected chi connectivity index (χ4v) is 4.14. The predicted octanol–water partition coefficient (Wildman–Crippen LogP) is 3.82. The lowest BCUT2D eigenvalue weighted by Crippen LogP contribution is -2.46. The highest BCUT2D eigenvalue weighted by atomic mass is 32.1. The van der Waals surface area contributed by atoms with Crippen LogP contribution < -0.4 is 9.64 Å². The molecule has 1 atom stereocenters. The molecule has 1 aromatic heterocycles. The number of aromatic nitrogens is 1.